The molecule has 68 valence electrons. The van der Waals surface area contributed by atoms with Gasteiger partial charge < -0.3 is 5.73 Å². The predicted octanol–water partition coefficient (Wildman–Crippen LogP) is 0.926. The third-order valence-electron chi connectivity index (χ3n) is 1.87. The molecule has 1 rings (SSSR count). The van der Waals surface area contributed by atoms with Gasteiger partial charge in [-0.3, -0.25) is 0 Å². The van der Waals surface area contributed by atoms with Crippen LogP contribution in [0.3, 0.4) is 0 Å². The van der Waals surface area contributed by atoms with Crippen LogP contribution >= 0.6 is 11.8 Å². The third-order valence-corrected chi connectivity index (χ3v) is 2.94. The van der Waals surface area contributed by atoms with Gasteiger partial charge in [0.2, 0.25) is 0 Å². The Bertz CT molecular complexity index is 205. The second kappa shape index (κ2) is 4.35. The number of rotatable bonds is 2. The van der Waals surface area contributed by atoms with Gasteiger partial charge in [0.25, 0.3) is 0 Å². The van der Waals surface area contributed by atoms with E-state index in [2.05, 4.69) is 16.8 Å². The molecule has 0 aromatic heterocycles. The van der Waals surface area contributed by atoms with Crippen LogP contribution in [0, 0.1) is 0 Å². The molecule has 0 saturated heterocycles. The number of carbonyl (C=O) groups is 1. The first-order valence-electron chi connectivity index (χ1n) is 3.88. The topological polar surface area (TPSA) is 67.5 Å². The van der Waals surface area contributed by atoms with Crippen LogP contribution in [0.15, 0.2) is 5.10 Å². The Morgan fingerprint density at radius 2 is 2.58 bits per heavy atom. The number of hydrazone groups is 1. The van der Waals surface area contributed by atoms with Crippen LogP contribution < -0.4 is 11.2 Å². The minimum Gasteiger partial charge on any atom is -0.350 e. The van der Waals surface area contributed by atoms with Gasteiger partial charge in [-0.25, -0.2) is 10.2 Å². The molecule has 1 aliphatic rings. The zero-order chi connectivity index (χ0) is 8.97. The van der Waals surface area contributed by atoms with Crippen molar-refractivity contribution in [1.29, 1.82) is 0 Å². The first-order valence-corrected chi connectivity index (χ1v) is 5.17. The molecular weight excluding hydrogens is 174 g/mol. The maximum absolute atomic E-state index is 10.3. The van der Waals surface area contributed by atoms with Crippen LogP contribution in [0.1, 0.15) is 19.3 Å². The maximum atomic E-state index is 10.3. The Hall–Kier alpha value is -0.710. The van der Waals surface area contributed by atoms with E-state index in [9.17, 15) is 4.79 Å². The summed E-state index contributed by atoms with van der Waals surface area (Å²) >= 11 is 1.77. The van der Waals surface area contributed by atoms with Gasteiger partial charge in [-0.2, -0.15) is 16.9 Å². The van der Waals surface area contributed by atoms with Gasteiger partial charge in [0.05, 0.1) is 5.71 Å². The number of nitrogens with zero attached hydrogens (tertiary/aromatic N) is 1. The Labute approximate surface area is 76.0 Å². The van der Waals surface area contributed by atoms with Gasteiger partial charge in [0.15, 0.2) is 0 Å². The summed E-state index contributed by atoms with van der Waals surface area (Å²) in [6.07, 6.45) is 5.34. The van der Waals surface area contributed by atoms with Crippen molar-refractivity contribution in [2.24, 2.45) is 10.8 Å². The summed E-state index contributed by atoms with van der Waals surface area (Å²) in [5.74, 6) is 0. The van der Waals surface area contributed by atoms with Crippen molar-refractivity contribution in [1.82, 2.24) is 5.43 Å². The van der Waals surface area contributed by atoms with Gasteiger partial charge >= 0.3 is 6.03 Å². The zero-order valence-electron chi connectivity index (χ0n) is 7.04. The summed E-state index contributed by atoms with van der Waals surface area (Å²) in [5, 5.41) is 4.42. The summed E-state index contributed by atoms with van der Waals surface area (Å²) in [7, 11) is 0. The Morgan fingerprint density at radius 3 is 3.17 bits per heavy atom. The van der Waals surface area contributed by atoms with E-state index in [1.807, 2.05) is 0 Å². The van der Waals surface area contributed by atoms with E-state index in [-0.39, 0.29) is 0 Å². The fourth-order valence-corrected chi connectivity index (χ4v) is 2.15. The number of thioether (sulfide) groups is 1. The van der Waals surface area contributed by atoms with Crippen molar-refractivity contribution in [2.45, 2.75) is 24.5 Å². The summed E-state index contributed by atoms with van der Waals surface area (Å²) in [6.45, 7) is 0. The molecule has 3 N–H and O–H groups in total. The number of hydrogen-bond acceptors (Lipinski definition) is 3. The smallest absolute Gasteiger partial charge is 0.332 e. The van der Waals surface area contributed by atoms with Gasteiger partial charge in [-0.1, -0.05) is 0 Å². The minimum absolute atomic E-state index is 0.469. The number of urea groups is 1. The van der Waals surface area contributed by atoms with Crippen LogP contribution in [0.5, 0.6) is 0 Å². The lowest BCUT2D eigenvalue weighted by molar-refractivity contribution is 0.249. The van der Waals surface area contributed by atoms with E-state index in [1.54, 1.807) is 11.8 Å². The first kappa shape index (κ1) is 9.38. The summed E-state index contributed by atoms with van der Waals surface area (Å²) in [5.41, 5.74) is 8.22. The molecule has 1 fully saturated rings. The molecule has 0 radical (unpaired) electrons. The molecule has 1 unspecified atom stereocenters. The van der Waals surface area contributed by atoms with E-state index in [1.165, 1.54) is 0 Å². The van der Waals surface area contributed by atoms with Crippen LogP contribution in [0.2, 0.25) is 0 Å². The van der Waals surface area contributed by atoms with Crippen molar-refractivity contribution in [3.8, 4) is 0 Å². The van der Waals surface area contributed by atoms with E-state index in [0.717, 1.165) is 25.0 Å². The minimum atomic E-state index is -0.589. The molecule has 0 bridgehead atoms. The molecule has 4 nitrogen and oxygen atoms in total. The monoisotopic (exact) mass is 187 g/mol. The van der Waals surface area contributed by atoms with E-state index < -0.39 is 6.03 Å². The van der Waals surface area contributed by atoms with Gasteiger partial charge in [-0.15, -0.1) is 0 Å². The largest absolute Gasteiger partial charge is 0.350 e. The molecule has 1 saturated carbocycles. The highest BCUT2D eigenvalue weighted by Crippen LogP contribution is 2.25. The number of carbonyl (C=O) groups excluding carboxylic acids is 1. The van der Waals surface area contributed by atoms with Crippen molar-refractivity contribution < 1.29 is 4.79 Å². The number of nitrogens with one attached hydrogen (secondary N) is 1. The van der Waals surface area contributed by atoms with Crippen molar-refractivity contribution in [3.63, 3.8) is 0 Å². The Kier molecular flexibility index (Phi) is 3.40. The molecule has 2 amide bonds. The van der Waals surface area contributed by atoms with Crippen LogP contribution in [-0.2, 0) is 0 Å². The van der Waals surface area contributed by atoms with E-state index in [4.69, 9.17) is 5.73 Å². The average molecular weight is 187 g/mol. The normalized spacial score (nSPS) is 26.1. The van der Waals surface area contributed by atoms with Crippen LogP contribution in [0.25, 0.3) is 0 Å². The highest BCUT2D eigenvalue weighted by atomic mass is 32.2. The van der Waals surface area contributed by atoms with Crippen molar-refractivity contribution >= 4 is 23.5 Å². The molecular formula is C7H13N3OS. The second-order valence-electron chi connectivity index (χ2n) is 2.70. The lowest BCUT2D eigenvalue weighted by Gasteiger charge is -2.05. The molecule has 1 atom stereocenters. The summed E-state index contributed by atoms with van der Waals surface area (Å²) < 4.78 is 0. The molecule has 0 aromatic rings. The van der Waals surface area contributed by atoms with Crippen molar-refractivity contribution in [2.75, 3.05) is 6.26 Å². The lowest BCUT2D eigenvalue weighted by atomic mass is 10.3. The maximum Gasteiger partial charge on any atom is 0.332 e. The second-order valence-corrected chi connectivity index (χ2v) is 3.74. The first-order chi connectivity index (χ1) is 5.74. The van der Waals surface area contributed by atoms with Crippen LogP contribution in [0.4, 0.5) is 4.79 Å². The van der Waals surface area contributed by atoms with Gasteiger partial charge in [-0.05, 0) is 25.5 Å². The van der Waals surface area contributed by atoms with Gasteiger partial charge in [0, 0.05) is 5.25 Å². The molecule has 0 aromatic carbocycles. The molecule has 0 aliphatic heterocycles. The fraction of sp³-hybridized carbons (Fsp3) is 0.714. The summed E-state index contributed by atoms with van der Waals surface area (Å²) in [4.78, 5) is 10.3. The van der Waals surface area contributed by atoms with E-state index >= 15 is 0 Å². The Balaban J connectivity index is 2.48. The molecule has 0 heterocycles. The number of amides is 2. The average Bonchev–Trinajstić information content (AvgIpc) is 2.47. The highest BCUT2D eigenvalue weighted by Gasteiger charge is 2.21. The standard InChI is InChI=1S/C7H13N3OS/c1-12-6-4-2-3-5(6)9-10-7(8)11/h6H,2-4H2,1H3,(H3,8,10,11)/b9-5+. The predicted molar refractivity (Wildman–Crippen MR) is 51.3 cm³/mol. The third kappa shape index (κ3) is 2.41. The molecule has 5 heteroatoms. The zero-order valence-corrected chi connectivity index (χ0v) is 7.86. The number of hydrogen-bond donors (Lipinski definition) is 2. The SMILES string of the molecule is CSC1CCC/C1=N\NC(N)=O. The fourth-order valence-electron chi connectivity index (χ4n) is 1.30. The summed E-state index contributed by atoms with van der Waals surface area (Å²) in [6, 6.07) is -0.589. The number of primary amides is 1. The van der Waals surface area contributed by atoms with E-state index in [0.29, 0.717) is 5.25 Å². The van der Waals surface area contributed by atoms with Crippen molar-refractivity contribution in [3.05, 3.63) is 0 Å². The van der Waals surface area contributed by atoms with Crippen LogP contribution in [-0.4, -0.2) is 23.2 Å². The quantitative estimate of drug-likeness (QED) is 0.631. The highest BCUT2D eigenvalue weighted by molar-refractivity contribution is 7.99. The molecule has 12 heavy (non-hydrogen) atoms. The molecule has 1 aliphatic carbocycles. The van der Waals surface area contributed by atoms with Gasteiger partial charge in [0.1, 0.15) is 0 Å². The molecule has 0 spiro atoms. The Morgan fingerprint density at radius 1 is 1.83 bits per heavy atom. The lowest BCUT2D eigenvalue weighted by Crippen LogP contribution is -2.26. The number of nitrogens with two attached hydrogens (primary N) is 1.